The first-order valence-electron chi connectivity index (χ1n) is 23.4. The van der Waals surface area contributed by atoms with Gasteiger partial charge in [-0.3, -0.25) is 0 Å². The summed E-state index contributed by atoms with van der Waals surface area (Å²) in [5.41, 5.74) is 15.5. The number of hydrogen-bond donors (Lipinski definition) is 0. The standard InChI is InChI=1S/C65H42N4/c1-5-17-43(18-6-1)45-29-33-49(34-30-45)64-66-63(48-23-11-4-12-24-48)67-65(68-64)50-35-31-46(32-36-50)53-40-57(47-21-9-3-10-22-47)62-58-39-51(44-19-7-2-8-20-44)37-38-59(58)69(61(62)42-53)60-41-52-25-13-14-26-54(52)55-27-15-16-28-56(55)60/h1-42H. The molecule has 0 spiro atoms. The third-order valence-electron chi connectivity index (χ3n) is 13.4. The molecule has 0 saturated heterocycles. The van der Waals surface area contributed by atoms with E-state index in [0.717, 1.165) is 55.7 Å². The molecule has 0 bridgehead atoms. The first-order chi connectivity index (χ1) is 34.2. The fourth-order valence-corrected chi connectivity index (χ4v) is 10.1. The minimum atomic E-state index is 0.621. The predicted molar refractivity (Wildman–Crippen MR) is 287 cm³/mol. The second-order valence-electron chi connectivity index (χ2n) is 17.6. The van der Waals surface area contributed by atoms with E-state index in [1.165, 1.54) is 54.6 Å². The van der Waals surface area contributed by atoms with Crippen molar-refractivity contribution in [3.63, 3.8) is 0 Å². The number of aromatic nitrogens is 4. The van der Waals surface area contributed by atoms with Gasteiger partial charge < -0.3 is 4.57 Å². The maximum atomic E-state index is 5.12. The van der Waals surface area contributed by atoms with Gasteiger partial charge in [-0.05, 0) is 91.0 Å². The summed E-state index contributed by atoms with van der Waals surface area (Å²) < 4.78 is 2.50. The second-order valence-corrected chi connectivity index (χ2v) is 17.6. The minimum Gasteiger partial charge on any atom is -0.309 e. The minimum absolute atomic E-state index is 0.621. The normalized spacial score (nSPS) is 11.5. The Morgan fingerprint density at radius 2 is 0.667 bits per heavy atom. The maximum Gasteiger partial charge on any atom is 0.164 e. The molecule has 0 saturated carbocycles. The van der Waals surface area contributed by atoms with Crippen molar-refractivity contribution in [1.29, 1.82) is 0 Å². The monoisotopic (exact) mass is 878 g/mol. The number of hydrogen-bond acceptors (Lipinski definition) is 3. The molecule has 0 amide bonds. The molecule has 13 rings (SSSR count). The van der Waals surface area contributed by atoms with Gasteiger partial charge in [0.05, 0.1) is 16.7 Å². The number of nitrogens with zero attached hydrogens (tertiary/aromatic N) is 4. The van der Waals surface area contributed by atoms with E-state index in [2.05, 4.69) is 223 Å². The van der Waals surface area contributed by atoms with Gasteiger partial charge in [0, 0.05) is 32.8 Å². The molecule has 2 heterocycles. The Balaban J connectivity index is 1.00. The van der Waals surface area contributed by atoms with E-state index in [4.69, 9.17) is 15.0 Å². The van der Waals surface area contributed by atoms with Crippen molar-refractivity contribution in [3.8, 4) is 84.4 Å². The van der Waals surface area contributed by atoms with Crippen LogP contribution in [0.25, 0.3) is 128 Å². The summed E-state index contributed by atoms with van der Waals surface area (Å²) in [6, 6.07) is 90.9. The highest BCUT2D eigenvalue weighted by Gasteiger charge is 2.22. The lowest BCUT2D eigenvalue weighted by molar-refractivity contribution is 1.07. The lowest BCUT2D eigenvalue weighted by atomic mass is 9.93. The molecule has 0 aliphatic heterocycles. The van der Waals surface area contributed by atoms with Crippen molar-refractivity contribution in [3.05, 3.63) is 255 Å². The first-order valence-corrected chi connectivity index (χ1v) is 23.4. The highest BCUT2D eigenvalue weighted by molar-refractivity contribution is 6.20. The molecule has 13 aromatic rings. The van der Waals surface area contributed by atoms with Gasteiger partial charge in [-0.15, -0.1) is 0 Å². The Kier molecular flexibility index (Phi) is 9.80. The van der Waals surface area contributed by atoms with Crippen molar-refractivity contribution in [2.75, 3.05) is 0 Å². The topological polar surface area (TPSA) is 43.6 Å². The van der Waals surface area contributed by atoms with Crippen molar-refractivity contribution in [2.45, 2.75) is 0 Å². The summed E-state index contributed by atoms with van der Waals surface area (Å²) in [7, 11) is 0. The largest absolute Gasteiger partial charge is 0.309 e. The molecule has 0 aliphatic carbocycles. The van der Waals surface area contributed by atoms with Crippen molar-refractivity contribution in [2.24, 2.45) is 0 Å². The average Bonchev–Trinajstić information content (AvgIpc) is 3.77. The quantitative estimate of drug-likeness (QED) is 0.143. The molecule has 322 valence electrons. The fraction of sp³-hybridized carbons (Fsp3) is 0. The molecule has 2 aromatic heterocycles. The van der Waals surface area contributed by atoms with Crippen LogP contribution in [0, 0.1) is 0 Å². The van der Waals surface area contributed by atoms with Crippen LogP contribution in [0.5, 0.6) is 0 Å². The first kappa shape index (κ1) is 40.1. The smallest absolute Gasteiger partial charge is 0.164 e. The Labute approximate surface area is 400 Å². The summed E-state index contributed by atoms with van der Waals surface area (Å²) >= 11 is 0. The molecule has 4 nitrogen and oxygen atoms in total. The van der Waals surface area contributed by atoms with Crippen molar-refractivity contribution in [1.82, 2.24) is 19.5 Å². The zero-order chi connectivity index (χ0) is 45.7. The number of rotatable bonds is 8. The summed E-state index contributed by atoms with van der Waals surface area (Å²) in [6.45, 7) is 0. The molecular weight excluding hydrogens is 837 g/mol. The molecule has 0 radical (unpaired) electrons. The van der Waals surface area contributed by atoms with Crippen LogP contribution in [0.3, 0.4) is 0 Å². The van der Waals surface area contributed by atoms with E-state index in [1.54, 1.807) is 0 Å². The predicted octanol–water partition coefficient (Wildman–Crippen LogP) is 16.9. The Morgan fingerprint density at radius 1 is 0.246 bits per heavy atom. The van der Waals surface area contributed by atoms with Crippen LogP contribution in [0.2, 0.25) is 0 Å². The molecule has 0 unspecified atom stereocenters. The van der Waals surface area contributed by atoms with Gasteiger partial charge >= 0.3 is 0 Å². The van der Waals surface area contributed by atoms with Gasteiger partial charge in [-0.25, -0.2) is 15.0 Å². The van der Waals surface area contributed by atoms with Gasteiger partial charge in [0.1, 0.15) is 0 Å². The molecule has 0 atom stereocenters. The Morgan fingerprint density at radius 3 is 1.26 bits per heavy atom. The van der Waals surface area contributed by atoms with E-state index in [-0.39, 0.29) is 0 Å². The third-order valence-corrected chi connectivity index (χ3v) is 13.4. The Hall–Kier alpha value is -9.25. The second kappa shape index (κ2) is 16.9. The van der Waals surface area contributed by atoms with Gasteiger partial charge in [-0.2, -0.15) is 0 Å². The summed E-state index contributed by atoms with van der Waals surface area (Å²) in [5, 5.41) is 7.32. The van der Waals surface area contributed by atoms with Crippen LogP contribution in [0.15, 0.2) is 255 Å². The molecule has 0 fully saturated rings. The van der Waals surface area contributed by atoms with Gasteiger partial charge in [0.15, 0.2) is 17.5 Å². The SMILES string of the molecule is c1ccc(-c2ccc(-c3nc(-c4ccccc4)nc(-c4ccc(-c5cc(-c6ccccc6)c6c7cc(-c8ccccc8)ccc7n(-c7cc8ccccc8c8ccccc78)c6c5)cc4)n3)cc2)cc1. The summed E-state index contributed by atoms with van der Waals surface area (Å²) in [6.07, 6.45) is 0. The average molecular weight is 879 g/mol. The van der Waals surface area contributed by atoms with E-state index >= 15 is 0 Å². The molecule has 69 heavy (non-hydrogen) atoms. The van der Waals surface area contributed by atoms with Crippen LogP contribution < -0.4 is 0 Å². The highest BCUT2D eigenvalue weighted by Crippen LogP contribution is 2.45. The molecule has 11 aromatic carbocycles. The fourth-order valence-electron chi connectivity index (χ4n) is 10.1. The van der Waals surface area contributed by atoms with Crippen LogP contribution in [-0.2, 0) is 0 Å². The van der Waals surface area contributed by atoms with Crippen molar-refractivity contribution >= 4 is 43.4 Å². The van der Waals surface area contributed by atoms with Crippen LogP contribution in [-0.4, -0.2) is 19.5 Å². The van der Waals surface area contributed by atoms with E-state index in [1.807, 2.05) is 36.4 Å². The zero-order valence-electron chi connectivity index (χ0n) is 37.5. The van der Waals surface area contributed by atoms with Gasteiger partial charge in [0.25, 0.3) is 0 Å². The van der Waals surface area contributed by atoms with Gasteiger partial charge in [0.2, 0.25) is 0 Å². The lowest BCUT2D eigenvalue weighted by Crippen LogP contribution is -2.00. The van der Waals surface area contributed by atoms with E-state index in [9.17, 15) is 0 Å². The highest BCUT2D eigenvalue weighted by atomic mass is 15.0. The Bertz CT molecular complexity index is 4010. The summed E-state index contributed by atoms with van der Waals surface area (Å²) in [5.74, 6) is 1.88. The zero-order valence-corrected chi connectivity index (χ0v) is 37.5. The van der Waals surface area contributed by atoms with Crippen molar-refractivity contribution < 1.29 is 0 Å². The molecule has 0 N–H and O–H groups in total. The van der Waals surface area contributed by atoms with Crippen LogP contribution >= 0.6 is 0 Å². The third kappa shape index (κ3) is 7.23. The van der Waals surface area contributed by atoms with E-state index < -0.39 is 0 Å². The van der Waals surface area contributed by atoms with E-state index in [0.29, 0.717) is 17.5 Å². The molecule has 4 heteroatoms. The molecule has 0 aliphatic rings. The van der Waals surface area contributed by atoms with Crippen LogP contribution in [0.1, 0.15) is 0 Å². The summed E-state index contributed by atoms with van der Waals surface area (Å²) in [4.78, 5) is 15.2. The maximum absolute atomic E-state index is 5.12. The number of benzene rings is 11. The lowest BCUT2D eigenvalue weighted by Gasteiger charge is -2.16. The number of fused-ring (bicyclic) bond motifs is 6. The molecular formula is C65H42N4. The van der Waals surface area contributed by atoms with Gasteiger partial charge in [-0.1, -0.05) is 224 Å². The van der Waals surface area contributed by atoms with Crippen LogP contribution in [0.4, 0.5) is 0 Å².